The first-order valence-corrected chi connectivity index (χ1v) is 12.8. The zero-order valence-electron chi connectivity index (χ0n) is 19.8. The second-order valence-corrected chi connectivity index (χ2v) is 12.1. The molecule has 0 aromatic carbocycles. The normalized spacial score (nSPS) is 50.1. The van der Waals surface area contributed by atoms with E-state index in [-0.39, 0.29) is 35.4 Å². The second-order valence-electron chi connectivity index (χ2n) is 12.1. The van der Waals surface area contributed by atoms with Crippen LogP contribution in [0.3, 0.4) is 0 Å². The van der Waals surface area contributed by atoms with Crippen molar-refractivity contribution >= 4 is 5.97 Å². The molecule has 0 spiro atoms. The zero-order chi connectivity index (χ0) is 22.6. The first-order valence-electron chi connectivity index (χ1n) is 12.8. The highest BCUT2D eigenvalue weighted by Crippen LogP contribution is 2.69. The van der Waals surface area contributed by atoms with Crippen LogP contribution in [-0.2, 0) is 4.79 Å². The van der Waals surface area contributed by atoms with Gasteiger partial charge >= 0.3 is 5.97 Å². The highest BCUT2D eigenvalue weighted by atomic mass is 16.4. The molecule has 176 valence electrons. The van der Waals surface area contributed by atoms with E-state index in [4.69, 9.17) is 5.11 Å². The van der Waals surface area contributed by atoms with Crippen LogP contribution in [0.4, 0.5) is 0 Å². The quantitative estimate of drug-likeness (QED) is 0.499. The van der Waals surface area contributed by atoms with Crippen molar-refractivity contribution in [2.45, 2.75) is 97.2 Å². The molecule has 4 aliphatic carbocycles. The summed E-state index contributed by atoms with van der Waals surface area (Å²) >= 11 is 0. The van der Waals surface area contributed by atoms with E-state index in [9.17, 15) is 15.0 Å². The van der Waals surface area contributed by atoms with E-state index in [2.05, 4.69) is 27.4 Å². The molecule has 4 fully saturated rings. The average molecular weight is 433 g/mol. The minimum Gasteiger partial charge on any atom is -0.481 e. The van der Waals surface area contributed by atoms with E-state index in [0.29, 0.717) is 35.5 Å². The fraction of sp³-hybridized carbons (Fsp3) is 0.889. The monoisotopic (exact) mass is 432 g/mol. The maximum atomic E-state index is 11.8. The molecule has 0 bridgehead atoms. The number of hydrogen-bond donors (Lipinski definition) is 3. The van der Waals surface area contributed by atoms with Gasteiger partial charge in [-0.05, 0) is 110 Å². The number of carboxylic acids is 1. The van der Waals surface area contributed by atoms with E-state index in [1.54, 1.807) is 0 Å². The summed E-state index contributed by atoms with van der Waals surface area (Å²) in [5, 5.41) is 31.4. The van der Waals surface area contributed by atoms with Crippen molar-refractivity contribution in [1.29, 1.82) is 0 Å². The molecule has 0 radical (unpaired) electrons. The summed E-state index contributed by atoms with van der Waals surface area (Å²) in [5.74, 6) is 2.25. The van der Waals surface area contributed by atoms with Gasteiger partial charge in [0.2, 0.25) is 0 Å². The molecule has 4 heteroatoms. The minimum absolute atomic E-state index is 0.199. The predicted molar refractivity (Wildman–Crippen MR) is 122 cm³/mol. The van der Waals surface area contributed by atoms with Gasteiger partial charge in [0.05, 0.1) is 12.2 Å². The summed E-state index contributed by atoms with van der Waals surface area (Å²) in [6, 6.07) is 0. The lowest BCUT2D eigenvalue weighted by molar-refractivity contribution is -0.202. The Bertz CT molecular complexity index is 691. The van der Waals surface area contributed by atoms with Crippen LogP contribution in [0.1, 0.15) is 85.0 Å². The molecule has 3 unspecified atom stereocenters. The lowest BCUT2D eigenvalue weighted by Gasteiger charge is -2.64. The summed E-state index contributed by atoms with van der Waals surface area (Å²) in [6.45, 7) is 11.2. The molecular weight excluding hydrogens is 388 g/mol. The predicted octanol–water partition coefficient (Wildman–Crippen LogP) is 5.28. The Labute approximate surface area is 188 Å². The third-order valence-corrected chi connectivity index (χ3v) is 10.9. The van der Waals surface area contributed by atoms with Crippen molar-refractivity contribution in [3.63, 3.8) is 0 Å². The van der Waals surface area contributed by atoms with Crippen LogP contribution in [0.25, 0.3) is 0 Å². The van der Waals surface area contributed by atoms with Crippen LogP contribution in [0.5, 0.6) is 0 Å². The molecule has 31 heavy (non-hydrogen) atoms. The van der Waals surface area contributed by atoms with E-state index in [0.717, 1.165) is 32.1 Å². The first-order chi connectivity index (χ1) is 14.6. The maximum absolute atomic E-state index is 11.8. The van der Waals surface area contributed by atoms with Crippen LogP contribution < -0.4 is 0 Å². The largest absolute Gasteiger partial charge is 0.481 e. The summed E-state index contributed by atoms with van der Waals surface area (Å²) < 4.78 is 0. The highest BCUT2D eigenvalue weighted by Gasteiger charge is 2.64. The lowest BCUT2D eigenvalue weighted by Crippen LogP contribution is -2.62. The number of hydrogen-bond acceptors (Lipinski definition) is 3. The highest BCUT2D eigenvalue weighted by molar-refractivity contribution is 5.66. The van der Waals surface area contributed by atoms with Crippen LogP contribution in [0.15, 0.2) is 12.7 Å². The van der Waals surface area contributed by atoms with Gasteiger partial charge in [-0.2, -0.15) is 0 Å². The number of rotatable bonds is 6. The SMILES string of the molecule is C=CC[C@H]1[C@@H](O)C2C3CC[C@H]([C@H](C)CCC(=O)O)[C@@]3(C)CCC2[C@@]2(C)CC[C@@H](O)C[C@@H]12. The number of carbonyl (C=O) groups is 1. The molecule has 0 aliphatic heterocycles. The average Bonchev–Trinajstić information content (AvgIpc) is 3.07. The molecule has 3 N–H and O–H groups in total. The Balaban J connectivity index is 1.63. The second kappa shape index (κ2) is 8.48. The number of aliphatic hydroxyl groups excluding tert-OH is 2. The van der Waals surface area contributed by atoms with E-state index < -0.39 is 5.97 Å². The molecule has 0 aromatic heterocycles. The molecule has 0 saturated heterocycles. The number of aliphatic carboxylic acids is 1. The van der Waals surface area contributed by atoms with Gasteiger partial charge in [0.15, 0.2) is 0 Å². The van der Waals surface area contributed by atoms with Gasteiger partial charge in [0.1, 0.15) is 0 Å². The van der Waals surface area contributed by atoms with Crippen molar-refractivity contribution in [3.8, 4) is 0 Å². The molecule has 4 saturated carbocycles. The third-order valence-electron chi connectivity index (χ3n) is 10.9. The maximum Gasteiger partial charge on any atom is 0.303 e. The Morgan fingerprint density at radius 1 is 1.06 bits per heavy atom. The summed E-state index contributed by atoms with van der Waals surface area (Å²) in [7, 11) is 0. The summed E-state index contributed by atoms with van der Waals surface area (Å²) in [6.07, 6.45) is 10.8. The Hall–Kier alpha value is -0.870. The third kappa shape index (κ3) is 3.70. The van der Waals surface area contributed by atoms with Gasteiger partial charge in [-0.25, -0.2) is 0 Å². The molecule has 4 nitrogen and oxygen atoms in total. The van der Waals surface area contributed by atoms with E-state index in [1.165, 1.54) is 25.7 Å². The van der Waals surface area contributed by atoms with Crippen molar-refractivity contribution in [3.05, 3.63) is 12.7 Å². The molecule has 4 rings (SSSR count). The molecule has 4 aliphatic rings. The van der Waals surface area contributed by atoms with E-state index in [1.807, 2.05) is 6.08 Å². The van der Waals surface area contributed by atoms with Gasteiger partial charge in [0, 0.05) is 6.42 Å². The minimum atomic E-state index is -0.691. The number of carboxylic acid groups (broad SMARTS) is 1. The fourth-order valence-electron chi connectivity index (χ4n) is 9.46. The Morgan fingerprint density at radius 3 is 2.42 bits per heavy atom. The summed E-state index contributed by atoms with van der Waals surface area (Å²) in [5.41, 5.74) is 0.404. The molecule has 0 heterocycles. The Kier molecular flexibility index (Phi) is 6.37. The molecule has 0 aromatic rings. The smallest absolute Gasteiger partial charge is 0.303 e. The lowest BCUT2D eigenvalue weighted by atomic mass is 9.41. The number of allylic oxidation sites excluding steroid dienone is 1. The van der Waals surface area contributed by atoms with Crippen LogP contribution in [-0.4, -0.2) is 33.5 Å². The summed E-state index contributed by atoms with van der Waals surface area (Å²) in [4.78, 5) is 11.1. The van der Waals surface area contributed by atoms with Crippen LogP contribution >= 0.6 is 0 Å². The Morgan fingerprint density at radius 2 is 1.74 bits per heavy atom. The van der Waals surface area contributed by atoms with Gasteiger partial charge in [0.25, 0.3) is 0 Å². The van der Waals surface area contributed by atoms with E-state index >= 15 is 0 Å². The molecule has 11 atom stereocenters. The van der Waals surface area contributed by atoms with Gasteiger partial charge < -0.3 is 15.3 Å². The first kappa shape index (κ1) is 23.3. The van der Waals surface area contributed by atoms with Crippen LogP contribution in [0, 0.1) is 52.3 Å². The van der Waals surface area contributed by atoms with Crippen LogP contribution in [0.2, 0.25) is 0 Å². The van der Waals surface area contributed by atoms with Crippen molar-refractivity contribution in [2.24, 2.45) is 52.3 Å². The standard InChI is InChI=1S/C27H44O4/c1-5-6-18-22-15-17(28)11-13-27(22,4)21-12-14-26(3)19(16(2)7-10-23(29)30)8-9-20(26)24(21)25(18)31/h5,16-22,24-25,28,31H,1,6-15H2,2-4H3,(H,29,30)/t16-,17-,18-,19-,20?,21?,22+,24?,25-,26-,27-/m1/s1. The van der Waals surface area contributed by atoms with Crippen molar-refractivity contribution in [1.82, 2.24) is 0 Å². The van der Waals surface area contributed by atoms with Crippen molar-refractivity contribution < 1.29 is 20.1 Å². The van der Waals surface area contributed by atoms with Gasteiger partial charge in [-0.3, -0.25) is 4.79 Å². The fourth-order valence-corrected chi connectivity index (χ4v) is 9.46. The molecular formula is C27H44O4. The van der Waals surface area contributed by atoms with Crippen molar-refractivity contribution in [2.75, 3.05) is 0 Å². The topological polar surface area (TPSA) is 77.8 Å². The molecule has 0 amide bonds. The zero-order valence-corrected chi connectivity index (χ0v) is 19.8. The number of fused-ring (bicyclic) bond motifs is 5. The van der Waals surface area contributed by atoms with Gasteiger partial charge in [-0.1, -0.05) is 26.8 Å². The van der Waals surface area contributed by atoms with Gasteiger partial charge in [-0.15, -0.1) is 6.58 Å². The number of aliphatic hydroxyl groups is 2.